The van der Waals surface area contributed by atoms with Gasteiger partial charge in [-0.3, -0.25) is 29.9 Å². The van der Waals surface area contributed by atoms with Crippen LogP contribution in [0.5, 0.6) is 11.5 Å². The molecular formula is C25H18BrN3O6S. The van der Waals surface area contributed by atoms with E-state index < -0.39 is 16.7 Å². The van der Waals surface area contributed by atoms with Crippen LogP contribution in [0, 0.1) is 10.1 Å². The molecule has 0 aromatic heterocycles. The Hall–Kier alpha value is -4.09. The highest BCUT2D eigenvalue weighted by Crippen LogP contribution is 2.38. The molecule has 0 saturated carbocycles. The monoisotopic (exact) mass is 567 g/mol. The molecule has 2 amide bonds. The first kappa shape index (κ1) is 25.0. The second-order valence-corrected chi connectivity index (χ2v) is 8.78. The summed E-state index contributed by atoms with van der Waals surface area (Å²) in [6.45, 7) is 0.137. The number of nitrogens with zero attached hydrogens (tertiary/aromatic N) is 2. The molecule has 1 aliphatic rings. The Morgan fingerprint density at radius 1 is 1.11 bits per heavy atom. The summed E-state index contributed by atoms with van der Waals surface area (Å²) < 4.78 is 11.9. The van der Waals surface area contributed by atoms with Crippen molar-refractivity contribution in [3.63, 3.8) is 0 Å². The maximum absolute atomic E-state index is 13.2. The number of para-hydroxylation sites is 1. The van der Waals surface area contributed by atoms with Crippen LogP contribution in [0.1, 0.15) is 11.1 Å². The van der Waals surface area contributed by atoms with Gasteiger partial charge in [0.15, 0.2) is 16.6 Å². The summed E-state index contributed by atoms with van der Waals surface area (Å²) in [7, 11) is 1.46. The number of carbonyl (C=O) groups is 2. The molecule has 0 aliphatic carbocycles. The van der Waals surface area contributed by atoms with E-state index in [4.69, 9.17) is 21.7 Å². The molecule has 0 radical (unpaired) electrons. The van der Waals surface area contributed by atoms with Crippen LogP contribution in [0.2, 0.25) is 0 Å². The normalized spacial score (nSPS) is 14.6. The minimum Gasteiger partial charge on any atom is -0.493 e. The number of hydrogen-bond acceptors (Lipinski definition) is 7. The number of nitro groups is 1. The lowest BCUT2D eigenvalue weighted by Gasteiger charge is -2.28. The van der Waals surface area contributed by atoms with Crippen LogP contribution in [0.4, 0.5) is 11.4 Å². The Kier molecular flexibility index (Phi) is 7.41. The predicted molar refractivity (Wildman–Crippen MR) is 141 cm³/mol. The highest BCUT2D eigenvalue weighted by Gasteiger charge is 2.34. The molecule has 11 heteroatoms. The van der Waals surface area contributed by atoms with Gasteiger partial charge in [-0.15, -0.1) is 0 Å². The van der Waals surface area contributed by atoms with E-state index in [2.05, 4.69) is 21.2 Å². The molecule has 1 saturated heterocycles. The zero-order valence-corrected chi connectivity index (χ0v) is 21.2. The van der Waals surface area contributed by atoms with E-state index in [-0.39, 0.29) is 23.0 Å². The van der Waals surface area contributed by atoms with Crippen molar-refractivity contribution in [2.45, 2.75) is 6.61 Å². The minimum absolute atomic E-state index is 0.00195. The van der Waals surface area contributed by atoms with Gasteiger partial charge in [0.25, 0.3) is 17.5 Å². The van der Waals surface area contributed by atoms with Crippen LogP contribution in [0.3, 0.4) is 0 Å². The Morgan fingerprint density at radius 3 is 2.44 bits per heavy atom. The molecule has 0 spiro atoms. The first-order valence-corrected chi connectivity index (χ1v) is 11.7. The van der Waals surface area contributed by atoms with Crippen molar-refractivity contribution in [2.24, 2.45) is 0 Å². The number of methoxy groups -OCH3 is 1. The zero-order chi connectivity index (χ0) is 25.8. The molecule has 1 N–H and O–H groups in total. The van der Waals surface area contributed by atoms with Crippen LogP contribution in [0.25, 0.3) is 6.08 Å². The molecule has 1 fully saturated rings. The lowest BCUT2D eigenvalue weighted by Crippen LogP contribution is -2.54. The number of ether oxygens (including phenoxy) is 2. The van der Waals surface area contributed by atoms with E-state index in [0.717, 1.165) is 5.56 Å². The molecule has 182 valence electrons. The summed E-state index contributed by atoms with van der Waals surface area (Å²) >= 11 is 8.67. The molecule has 0 bridgehead atoms. The van der Waals surface area contributed by atoms with Crippen LogP contribution in [-0.2, 0) is 16.2 Å². The lowest BCUT2D eigenvalue weighted by molar-refractivity contribution is -0.384. The van der Waals surface area contributed by atoms with Gasteiger partial charge in [0.2, 0.25) is 0 Å². The van der Waals surface area contributed by atoms with Crippen molar-refractivity contribution in [3.05, 3.63) is 98.0 Å². The number of benzene rings is 3. The van der Waals surface area contributed by atoms with Gasteiger partial charge in [-0.05, 0) is 81.7 Å². The molecule has 4 rings (SSSR count). The number of carbonyl (C=O) groups excluding carboxylic acids is 2. The zero-order valence-electron chi connectivity index (χ0n) is 18.8. The molecule has 9 nitrogen and oxygen atoms in total. The molecule has 1 aliphatic heterocycles. The van der Waals surface area contributed by atoms with Crippen LogP contribution in [-0.4, -0.2) is 29.0 Å². The van der Waals surface area contributed by atoms with Crippen LogP contribution >= 0.6 is 28.1 Å². The molecular weight excluding hydrogens is 550 g/mol. The maximum Gasteiger partial charge on any atom is 0.270 e. The standard InChI is InChI=1S/C25H18BrN3O6S/c1-34-21-13-16(12-20(26)22(21)35-14-15-7-9-18(10-8-15)29(32)33)11-19-23(30)27-25(36)28(24(19)31)17-5-3-2-4-6-17/h2-13H,14H2,1H3,(H,27,30,36). The van der Waals surface area contributed by atoms with E-state index in [9.17, 15) is 19.7 Å². The van der Waals surface area contributed by atoms with E-state index >= 15 is 0 Å². The third-order valence-corrected chi connectivity index (χ3v) is 6.08. The van der Waals surface area contributed by atoms with E-state index in [1.807, 2.05) is 6.07 Å². The summed E-state index contributed by atoms with van der Waals surface area (Å²) in [4.78, 5) is 37.4. The number of rotatable bonds is 7. The third-order valence-electron chi connectivity index (χ3n) is 5.21. The average molecular weight is 568 g/mol. The second-order valence-electron chi connectivity index (χ2n) is 7.54. The Labute approximate surface area is 219 Å². The number of nitro benzene ring substituents is 1. The van der Waals surface area contributed by atoms with Gasteiger partial charge in [0, 0.05) is 12.1 Å². The topological polar surface area (TPSA) is 111 Å². The van der Waals surface area contributed by atoms with Crippen molar-refractivity contribution >= 4 is 62.5 Å². The number of thiocarbonyl (C=S) groups is 1. The molecule has 3 aromatic rings. The highest BCUT2D eigenvalue weighted by atomic mass is 79.9. The number of amides is 2. The van der Waals surface area contributed by atoms with Crippen molar-refractivity contribution in [1.82, 2.24) is 5.32 Å². The number of nitrogens with one attached hydrogen (secondary N) is 1. The Morgan fingerprint density at radius 2 is 1.81 bits per heavy atom. The van der Waals surface area contributed by atoms with E-state index in [1.54, 1.807) is 48.5 Å². The summed E-state index contributed by atoms with van der Waals surface area (Å²) in [5.41, 5.74) is 1.67. The van der Waals surface area contributed by atoms with Gasteiger partial charge in [-0.1, -0.05) is 18.2 Å². The van der Waals surface area contributed by atoms with Gasteiger partial charge in [-0.2, -0.15) is 0 Å². The summed E-state index contributed by atoms with van der Waals surface area (Å²) in [6, 6.07) is 18.1. The number of halogens is 1. The van der Waals surface area contributed by atoms with Gasteiger partial charge in [-0.25, -0.2) is 0 Å². The Bertz CT molecular complexity index is 1390. The van der Waals surface area contributed by atoms with Gasteiger partial charge in [0.05, 0.1) is 22.2 Å². The molecule has 0 unspecified atom stereocenters. The van der Waals surface area contributed by atoms with Gasteiger partial charge in [0.1, 0.15) is 12.2 Å². The summed E-state index contributed by atoms with van der Waals surface area (Å²) in [5.74, 6) is -0.406. The average Bonchev–Trinajstić information content (AvgIpc) is 2.86. The lowest BCUT2D eigenvalue weighted by atomic mass is 10.1. The predicted octanol–water partition coefficient (Wildman–Crippen LogP) is 4.78. The quantitative estimate of drug-likeness (QED) is 0.144. The van der Waals surface area contributed by atoms with Crippen molar-refractivity contribution in [2.75, 3.05) is 12.0 Å². The highest BCUT2D eigenvalue weighted by molar-refractivity contribution is 9.10. The van der Waals surface area contributed by atoms with Crippen LogP contribution in [0.15, 0.2) is 76.8 Å². The van der Waals surface area contributed by atoms with Crippen molar-refractivity contribution in [3.8, 4) is 11.5 Å². The first-order chi connectivity index (χ1) is 17.3. The van der Waals surface area contributed by atoms with Crippen LogP contribution < -0.4 is 19.7 Å². The molecule has 0 atom stereocenters. The summed E-state index contributed by atoms with van der Waals surface area (Å²) in [5, 5.41) is 13.4. The van der Waals surface area contributed by atoms with Crippen molar-refractivity contribution < 1.29 is 24.0 Å². The number of non-ortho nitro benzene ring substituents is 1. The van der Waals surface area contributed by atoms with Gasteiger partial charge < -0.3 is 9.47 Å². The number of anilines is 1. The molecule has 1 heterocycles. The maximum atomic E-state index is 13.2. The smallest absolute Gasteiger partial charge is 0.270 e. The molecule has 3 aromatic carbocycles. The summed E-state index contributed by atoms with van der Waals surface area (Å²) in [6.07, 6.45) is 1.45. The fraction of sp³-hybridized carbons (Fsp3) is 0.0800. The fourth-order valence-electron chi connectivity index (χ4n) is 3.47. The second kappa shape index (κ2) is 10.7. The minimum atomic E-state index is -0.606. The van der Waals surface area contributed by atoms with E-state index in [1.165, 1.54) is 30.2 Å². The Balaban J connectivity index is 1.60. The number of hydrogen-bond donors (Lipinski definition) is 1. The van der Waals surface area contributed by atoms with E-state index in [0.29, 0.717) is 27.2 Å². The largest absolute Gasteiger partial charge is 0.493 e. The SMILES string of the molecule is COc1cc(C=C2C(=O)NC(=S)N(c3ccccc3)C2=O)cc(Br)c1OCc1ccc([N+](=O)[O-])cc1. The first-order valence-electron chi connectivity index (χ1n) is 10.5. The van der Waals surface area contributed by atoms with Gasteiger partial charge >= 0.3 is 0 Å². The fourth-order valence-corrected chi connectivity index (χ4v) is 4.32. The third kappa shape index (κ3) is 5.26. The molecule has 36 heavy (non-hydrogen) atoms. The van der Waals surface area contributed by atoms with Crippen molar-refractivity contribution in [1.29, 1.82) is 0 Å².